The predicted octanol–water partition coefficient (Wildman–Crippen LogP) is 0.141. The summed E-state index contributed by atoms with van der Waals surface area (Å²) >= 11 is 0. The summed E-state index contributed by atoms with van der Waals surface area (Å²) in [5.41, 5.74) is -0.387. The topological polar surface area (TPSA) is 119 Å². The lowest BCUT2D eigenvalue weighted by atomic mass is 10.3. The Bertz CT molecular complexity index is 432. The van der Waals surface area contributed by atoms with Crippen LogP contribution in [0, 0.1) is 11.3 Å². The number of hydrogen-bond acceptors (Lipinski definition) is 4. The zero-order chi connectivity index (χ0) is 12.0. The third-order valence-corrected chi connectivity index (χ3v) is 1.82. The first kappa shape index (κ1) is 11.7. The first-order valence-electron chi connectivity index (χ1n) is 4.58. The van der Waals surface area contributed by atoms with Gasteiger partial charge in [-0.05, 0) is 6.42 Å². The summed E-state index contributed by atoms with van der Waals surface area (Å²) in [6.45, 7) is 0.318. The van der Waals surface area contributed by atoms with Crippen molar-refractivity contribution in [3.63, 3.8) is 0 Å². The van der Waals surface area contributed by atoms with E-state index in [1.165, 1.54) is 0 Å². The number of aromatic nitrogens is 2. The number of nitrogens with one attached hydrogen (secondary N) is 2. The van der Waals surface area contributed by atoms with E-state index in [0.29, 0.717) is 19.4 Å². The Morgan fingerprint density at radius 1 is 1.62 bits per heavy atom. The summed E-state index contributed by atoms with van der Waals surface area (Å²) in [5, 5.41) is 19.5. The van der Waals surface area contributed by atoms with Crippen molar-refractivity contribution >= 4 is 11.9 Å². The molecule has 3 N–H and O–H groups in total. The summed E-state index contributed by atoms with van der Waals surface area (Å²) in [5.74, 6) is -1.80. The van der Waals surface area contributed by atoms with E-state index in [4.69, 9.17) is 10.4 Å². The van der Waals surface area contributed by atoms with Gasteiger partial charge in [-0.3, -0.25) is 4.79 Å². The molecule has 0 radical (unpaired) electrons. The summed E-state index contributed by atoms with van der Waals surface area (Å²) in [6, 6.07) is 1.94. The second-order valence-electron chi connectivity index (χ2n) is 2.95. The zero-order valence-corrected chi connectivity index (χ0v) is 8.36. The molecule has 0 aliphatic rings. The molecule has 1 aromatic rings. The molecule has 1 aromatic heterocycles. The highest BCUT2D eigenvalue weighted by Gasteiger charge is 2.18. The quantitative estimate of drug-likeness (QED) is 0.612. The van der Waals surface area contributed by atoms with Crippen LogP contribution >= 0.6 is 0 Å². The summed E-state index contributed by atoms with van der Waals surface area (Å²) < 4.78 is 0. The molecule has 1 amide bonds. The number of unbranched alkanes of at least 4 members (excludes halogenated alkanes) is 1. The van der Waals surface area contributed by atoms with Gasteiger partial charge in [0.25, 0.3) is 5.91 Å². The van der Waals surface area contributed by atoms with E-state index in [9.17, 15) is 9.59 Å². The lowest BCUT2D eigenvalue weighted by Crippen LogP contribution is -2.26. The van der Waals surface area contributed by atoms with Crippen LogP contribution in [0.4, 0.5) is 0 Å². The van der Waals surface area contributed by atoms with Crippen LogP contribution in [0.25, 0.3) is 0 Å². The van der Waals surface area contributed by atoms with Crippen LogP contribution in [0.15, 0.2) is 6.33 Å². The van der Waals surface area contributed by atoms with Crippen molar-refractivity contribution < 1.29 is 14.7 Å². The van der Waals surface area contributed by atoms with E-state index >= 15 is 0 Å². The van der Waals surface area contributed by atoms with Crippen LogP contribution < -0.4 is 5.32 Å². The molecular weight excluding hydrogens is 212 g/mol. The number of H-pyrrole nitrogens is 1. The Morgan fingerprint density at radius 3 is 3.00 bits per heavy atom. The van der Waals surface area contributed by atoms with Crippen LogP contribution in [-0.4, -0.2) is 33.5 Å². The van der Waals surface area contributed by atoms with Crippen molar-refractivity contribution in [2.24, 2.45) is 0 Å². The summed E-state index contributed by atoms with van der Waals surface area (Å²) in [7, 11) is 0. The van der Waals surface area contributed by atoms with Crippen LogP contribution in [0.2, 0.25) is 0 Å². The Kier molecular flexibility index (Phi) is 4.03. The van der Waals surface area contributed by atoms with E-state index in [1.54, 1.807) is 0 Å². The lowest BCUT2D eigenvalue weighted by Gasteiger charge is -2.01. The number of carboxylic acids is 1. The van der Waals surface area contributed by atoms with Gasteiger partial charge in [-0.1, -0.05) is 0 Å². The Balaban J connectivity index is 2.57. The van der Waals surface area contributed by atoms with Crippen molar-refractivity contribution in [1.29, 1.82) is 5.26 Å². The molecule has 0 aromatic carbocycles. The van der Waals surface area contributed by atoms with E-state index in [2.05, 4.69) is 15.3 Å². The number of rotatable bonds is 5. The molecule has 7 heteroatoms. The van der Waals surface area contributed by atoms with E-state index in [0.717, 1.165) is 6.33 Å². The lowest BCUT2D eigenvalue weighted by molar-refractivity contribution is 0.0685. The van der Waals surface area contributed by atoms with Crippen molar-refractivity contribution in [3.8, 4) is 6.07 Å². The first-order valence-corrected chi connectivity index (χ1v) is 4.58. The van der Waals surface area contributed by atoms with Crippen molar-refractivity contribution in [2.45, 2.75) is 12.8 Å². The highest BCUT2D eigenvalue weighted by atomic mass is 16.4. The molecule has 84 valence electrons. The molecule has 0 saturated heterocycles. The molecule has 0 aliphatic heterocycles. The van der Waals surface area contributed by atoms with Crippen LogP contribution in [0.3, 0.4) is 0 Å². The van der Waals surface area contributed by atoms with Crippen LogP contribution in [0.1, 0.15) is 33.8 Å². The third-order valence-electron chi connectivity index (χ3n) is 1.82. The smallest absolute Gasteiger partial charge is 0.354 e. The second-order valence-corrected chi connectivity index (χ2v) is 2.95. The van der Waals surface area contributed by atoms with Crippen molar-refractivity contribution in [2.75, 3.05) is 6.54 Å². The van der Waals surface area contributed by atoms with E-state index < -0.39 is 11.9 Å². The van der Waals surface area contributed by atoms with Gasteiger partial charge in [0.05, 0.1) is 12.4 Å². The van der Waals surface area contributed by atoms with E-state index in [1.807, 2.05) is 6.07 Å². The normalized spacial score (nSPS) is 9.44. The molecule has 0 atom stereocenters. The van der Waals surface area contributed by atoms with Crippen molar-refractivity contribution in [3.05, 3.63) is 17.7 Å². The van der Waals surface area contributed by atoms with Crippen LogP contribution in [0.5, 0.6) is 0 Å². The van der Waals surface area contributed by atoms with Gasteiger partial charge < -0.3 is 15.4 Å². The number of imidazole rings is 1. The molecule has 1 heterocycles. The number of carboxylic acid groups (broad SMARTS) is 1. The maximum atomic E-state index is 11.5. The Morgan fingerprint density at radius 2 is 2.38 bits per heavy atom. The first-order chi connectivity index (χ1) is 7.66. The van der Waals surface area contributed by atoms with Gasteiger partial charge in [-0.2, -0.15) is 5.26 Å². The Hall–Kier alpha value is -2.36. The molecule has 16 heavy (non-hydrogen) atoms. The largest absolute Gasteiger partial charge is 0.477 e. The van der Waals surface area contributed by atoms with Gasteiger partial charge in [0.2, 0.25) is 0 Å². The number of amides is 1. The number of carbonyl (C=O) groups is 2. The molecule has 0 unspecified atom stereocenters. The second kappa shape index (κ2) is 5.50. The molecule has 7 nitrogen and oxygen atoms in total. The number of nitrogens with zero attached hydrogens (tertiary/aromatic N) is 2. The number of hydrogen-bond donors (Lipinski definition) is 3. The Labute approximate surface area is 91.1 Å². The molecular formula is C9H10N4O3. The maximum Gasteiger partial charge on any atom is 0.354 e. The number of aromatic amines is 1. The number of nitriles is 1. The zero-order valence-electron chi connectivity index (χ0n) is 8.36. The number of carbonyl (C=O) groups excluding carboxylic acids is 1. The molecule has 0 saturated carbocycles. The van der Waals surface area contributed by atoms with Gasteiger partial charge in [0, 0.05) is 13.0 Å². The molecule has 0 spiro atoms. The maximum absolute atomic E-state index is 11.5. The molecule has 0 fully saturated rings. The fourth-order valence-electron chi connectivity index (χ4n) is 1.08. The minimum Gasteiger partial charge on any atom is -0.477 e. The SMILES string of the molecule is N#CCCCNC(=O)c1nc[nH]c1C(=O)O. The summed E-state index contributed by atoms with van der Waals surface area (Å²) in [6.07, 6.45) is 2.01. The fourth-order valence-corrected chi connectivity index (χ4v) is 1.08. The molecule has 1 rings (SSSR count). The van der Waals surface area contributed by atoms with Crippen LogP contribution in [-0.2, 0) is 0 Å². The predicted molar refractivity (Wildman–Crippen MR) is 52.7 cm³/mol. The third kappa shape index (κ3) is 2.81. The van der Waals surface area contributed by atoms with Gasteiger partial charge in [0.15, 0.2) is 11.4 Å². The summed E-state index contributed by atoms with van der Waals surface area (Å²) in [4.78, 5) is 28.1. The average Bonchev–Trinajstić information content (AvgIpc) is 2.73. The van der Waals surface area contributed by atoms with Crippen molar-refractivity contribution in [1.82, 2.24) is 15.3 Å². The average molecular weight is 222 g/mol. The van der Waals surface area contributed by atoms with Gasteiger partial charge in [-0.15, -0.1) is 0 Å². The van der Waals surface area contributed by atoms with Gasteiger partial charge in [0.1, 0.15) is 0 Å². The van der Waals surface area contributed by atoms with E-state index in [-0.39, 0.29) is 11.4 Å². The minimum atomic E-state index is -1.24. The standard InChI is InChI=1S/C9H10N4O3/c10-3-1-2-4-11-8(14)6-7(9(15)16)13-5-12-6/h5H,1-2,4H2,(H,11,14)(H,12,13)(H,15,16). The van der Waals surface area contributed by atoms with Gasteiger partial charge in [-0.25, -0.2) is 9.78 Å². The molecule has 0 bridgehead atoms. The highest BCUT2D eigenvalue weighted by molar-refractivity contribution is 6.02. The van der Waals surface area contributed by atoms with Gasteiger partial charge >= 0.3 is 5.97 Å². The fraction of sp³-hybridized carbons (Fsp3) is 0.333. The molecule has 0 aliphatic carbocycles. The highest BCUT2D eigenvalue weighted by Crippen LogP contribution is 2.02. The monoisotopic (exact) mass is 222 g/mol. The minimum absolute atomic E-state index is 0.149. The number of aromatic carboxylic acids is 1.